The Kier molecular flexibility index (Phi) is 6.54. The van der Waals surface area contributed by atoms with Gasteiger partial charge in [-0.3, -0.25) is 13.9 Å². The standard InChI is InChI=1S/C22H27N3O5S/c1-14(2)23-21(26)16-7-5-6-8-17(16)24-22(27)20-11-12-25(31(4,28)29)18-13-15(3)9-10-19(18)30-20/h5-10,13-14,20H,11-12H2,1-4H3,(H,23,26)(H,24,27)/t20-/m0/s1. The smallest absolute Gasteiger partial charge is 0.265 e. The summed E-state index contributed by atoms with van der Waals surface area (Å²) in [6.45, 7) is 5.66. The van der Waals surface area contributed by atoms with Crippen LogP contribution in [0.5, 0.6) is 5.75 Å². The van der Waals surface area contributed by atoms with Crippen LogP contribution in [0, 0.1) is 6.92 Å². The number of nitrogens with one attached hydrogen (secondary N) is 2. The molecule has 0 radical (unpaired) electrons. The zero-order chi connectivity index (χ0) is 22.8. The number of carbonyl (C=O) groups is 2. The van der Waals surface area contributed by atoms with E-state index in [1.54, 1.807) is 42.5 Å². The maximum atomic E-state index is 13.0. The normalized spacial score (nSPS) is 16.2. The van der Waals surface area contributed by atoms with Gasteiger partial charge in [0.25, 0.3) is 11.8 Å². The number of nitrogens with zero attached hydrogens (tertiary/aromatic N) is 1. The molecule has 8 nitrogen and oxygen atoms in total. The number of benzene rings is 2. The summed E-state index contributed by atoms with van der Waals surface area (Å²) in [7, 11) is -3.55. The lowest BCUT2D eigenvalue weighted by molar-refractivity contribution is -0.122. The molecule has 1 aliphatic rings. The van der Waals surface area contributed by atoms with E-state index in [0.717, 1.165) is 11.8 Å². The molecule has 0 spiro atoms. The van der Waals surface area contributed by atoms with Crippen LogP contribution in [0.3, 0.4) is 0 Å². The Morgan fingerprint density at radius 2 is 1.87 bits per heavy atom. The first kappa shape index (κ1) is 22.6. The van der Waals surface area contributed by atoms with Crippen LogP contribution in [-0.4, -0.2) is 45.2 Å². The van der Waals surface area contributed by atoms with Gasteiger partial charge in [-0.25, -0.2) is 8.42 Å². The van der Waals surface area contributed by atoms with Crippen LogP contribution in [0.1, 0.15) is 36.2 Å². The number of anilines is 2. The van der Waals surface area contributed by atoms with Crippen molar-refractivity contribution in [2.24, 2.45) is 0 Å². The lowest BCUT2D eigenvalue weighted by Gasteiger charge is -2.21. The predicted octanol–water partition coefficient (Wildman–Crippen LogP) is 2.69. The van der Waals surface area contributed by atoms with Crippen LogP contribution in [0.2, 0.25) is 0 Å². The van der Waals surface area contributed by atoms with E-state index < -0.39 is 22.0 Å². The molecule has 0 saturated heterocycles. The topological polar surface area (TPSA) is 105 Å². The van der Waals surface area contributed by atoms with Crippen molar-refractivity contribution in [2.45, 2.75) is 39.3 Å². The highest BCUT2D eigenvalue weighted by Gasteiger charge is 2.31. The quantitative estimate of drug-likeness (QED) is 0.736. The summed E-state index contributed by atoms with van der Waals surface area (Å²) >= 11 is 0. The molecule has 2 N–H and O–H groups in total. The van der Waals surface area contributed by atoms with E-state index in [2.05, 4.69) is 10.6 Å². The van der Waals surface area contributed by atoms with Crippen LogP contribution in [0.25, 0.3) is 0 Å². The van der Waals surface area contributed by atoms with Crippen molar-refractivity contribution in [3.05, 3.63) is 53.6 Å². The Labute approximate surface area is 182 Å². The van der Waals surface area contributed by atoms with Gasteiger partial charge in [0.2, 0.25) is 10.0 Å². The molecule has 0 bridgehead atoms. The number of fused-ring (bicyclic) bond motifs is 1. The van der Waals surface area contributed by atoms with Crippen LogP contribution in [-0.2, 0) is 14.8 Å². The number of amides is 2. The minimum Gasteiger partial charge on any atom is -0.478 e. The van der Waals surface area contributed by atoms with Crippen molar-refractivity contribution >= 4 is 33.2 Å². The molecular weight excluding hydrogens is 418 g/mol. The fourth-order valence-corrected chi connectivity index (χ4v) is 4.30. The summed E-state index contributed by atoms with van der Waals surface area (Å²) in [4.78, 5) is 25.5. The van der Waals surface area contributed by atoms with E-state index in [4.69, 9.17) is 4.74 Å². The van der Waals surface area contributed by atoms with Gasteiger partial charge in [-0.15, -0.1) is 0 Å². The summed E-state index contributed by atoms with van der Waals surface area (Å²) in [6, 6.07) is 11.8. The van der Waals surface area contributed by atoms with E-state index in [0.29, 0.717) is 22.7 Å². The van der Waals surface area contributed by atoms with Crippen LogP contribution in [0.4, 0.5) is 11.4 Å². The first-order valence-electron chi connectivity index (χ1n) is 10.0. The third-order valence-electron chi connectivity index (χ3n) is 4.79. The van der Waals surface area contributed by atoms with Gasteiger partial charge in [-0.1, -0.05) is 18.2 Å². The Balaban J connectivity index is 1.86. The summed E-state index contributed by atoms with van der Waals surface area (Å²) < 4.78 is 31.8. The monoisotopic (exact) mass is 445 g/mol. The molecule has 2 aromatic carbocycles. The highest BCUT2D eigenvalue weighted by atomic mass is 32.2. The number of rotatable bonds is 5. The second kappa shape index (κ2) is 8.97. The van der Waals surface area contributed by atoms with Gasteiger partial charge in [0, 0.05) is 19.0 Å². The average molecular weight is 446 g/mol. The average Bonchev–Trinajstić information content (AvgIpc) is 2.87. The SMILES string of the molecule is Cc1ccc2c(c1)N(S(C)(=O)=O)CC[C@@H](C(=O)Nc1ccccc1C(=O)NC(C)C)O2. The maximum absolute atomic E-state index is 13.0. The van der Waals surface area contributed by atoms with Crippen molar-refractivity contribution in [2.75, 3.05) is 22.4 Å². The highest BCUT2D eigenvalue weighted by Crippen LogP contribution is 2.35. The van der Waals surface area contributed by atoms with Crippen LogP contribution >= 0.6 is 0 Å². The maximum Gasteiger partial charge on any atom is 0.265 e. The van der Waals surface area contributed by atoms with Crippen molar-refractivity contribution < 1.29 is 22.7 Å². The minimum absolute atomic E-state index is 0.0524. The van der Waals surface area contributed by atoms with E-state index in [-0.39, 0.29) is 24.9 Å². The van der Waals surface area contributed by atoms with Crippen LogP contribution < -0.4 is 19.7 Å². The lowest BCUT2D eigenvalue weighted by atomic mass is 10.1. The Morgan fingerprint density at radius 1 is 1.16 bits per heavy atom. The molecule has 0 aromatic heterocycles. The summed E-state index contributed by atoms with van der Waals surface area (Å²) in [5.74, 6) is -0.428. The van der Waals surface area contributed by atoms with Crippen molar-refractivity contribution in [1.82, 2.24) is 5.32 Å². The summed E-state index contributed by atoms with van der Waals surface area (Å²) in [6.07, 6.45) is 0.366. The third kappa shape index (κ3) is 5.35. The molecule has 3 rings (SSSR count). The van der Waals surface area contributed by atoms with Gasteiger partial charge in [-0.2, -0.15) is 0 Å². The molecule has 0 saturated carbocycles. The molecule has 1 aliphatic heterocycles. The van der Waals surface area contributed by atoms with Gasteiger partial charge in [0.15, 0.2) is 6.10 Å². The van der Waals surface area contributed by atoms with Crippen molar-refractivity contribution in [3.8, 4) is 5.75 Å². The molecule has 2 aromatic rings. The summed E-state index contributed by atoms with van der Waals surface area (Å²) in [5, 5.41) is 5.57. The number of para-hydroxylation sites is 1. The molecular formula is C22H27N3O5S. The van der Waals surface area contributed by atoms with Gasteiger partial charge < -0.3 is 15.4 Å². The Hall–Kier alpha value is -3.07. The number of hydrogen-bond donors (Lipinski definition) is 2. The predicted molar refractivity (Wildman–Crippen MR) is 120 cm³/mol. The molecule has 166 valence electrons. The van der Waals surface area contributed by atoms with E-state index in [9.17, 15) is 18.0 Å². The minimum atomic E-state index is -3.55. The fraction of sp³-hybridized carbons (Fsp3) is 0.364. The molecule has 0 fully saturated rings. The number of sulfonamides is 1. The van der Waals surface area contributed by atoms with Crippen LogP contribution in [0.15, 0.2) is 42.5 Å². The van der Waals surface area contributed by atoms with E-state index in [1.807, 2.05) is 20.8 Å². The molecule has 1 heterocycles. The molecule has 0 aliphatic carbocycles. The second-order valence-corrected chi connectivity index (χ2v) is 9.77. The molecule has 2 amide bonds. The Bertz CT molecular complexity index is 1100. The third-order valence-corrected chi connectivity index (χ3v) is 5.97. The first-order valence-corrected chi connectivity index (χ1v) is 11.9. The highest BCUT2D eigenvalue weighted by molar-refractivity contribution is 7.92. The molecule has 1 atom stereocenters. The van der Waals surface area contributed by atoms with E-state index in [1.165, 1.54) is 4.31 Å². The zero-order valence-electron chi connectivity index (χ0n) is 18.0. The van der Waals surface area contributed by atoms with E-state index >= 15 is 0 Å². The van der Waals surface area contributed by atoms with Crippen molar-refractivity contribution in [3.63, 3.8) is 0 Å². The number of carbonyl (C=O) groups excluding carboxylic acids is 2. The van der Waals surface area contributed by atoms with Gasteiger partial charge >= 0.3 is 0 Å². The molecule has 9 heteroatoms. The lowest BCUT2D eigenvalue weighted by Crippen LogP contribution is -2.36. The second-order valence-electron chi connectivity index (χ2n) is 7.86. The molecule has 31 heavy (non-hydrogen) atoms. The first-order chi connectivity index (χ1) is 14.6. The molecule has 0 unspecified atom stereocenters. The number of hydrogen-bond acceptors (Lipinski definition) is 5. The van der Waals surface area contributed by atoms with Gasteiger partial charge in [0.1, 0.15) is 5.75 Å². The van der Waals surface area contributed by atoms with Gasteiger partial charge in [-0.05, 0) is 50.6 Å². The Morgan fingerprint density at radius 3 is 2.55 bits per heavy atom. The zero-order valence-corrected chi connectivity index (χ0v) is 18.8. The largest absolute Gasteiger partial charge is 0.478 e. The number of aryl methyl sites for hydroxylation is 1. The number of ether oxygens (including phenoxy) is 1. The van der Waals surface area contributed by atoms with Crippen molar-refractivity contribution in [1.29, 1.82) is 0 Å². The summed E-state index contributed by atoms with van der Waals surface area (Å²) in [5.41, 5.74) is 1.99. The van der Waals surface area contributed by atoms with Gasteiger partial charge in [0.05, 0.1) is 23.2 Å². The fourth-order valence-electron chi connectivity index (χ4n) is 3.36.